The molecule has 0 aliphatic heterocycles. The number of amides is 1. The van der Waals surface area contributed by atoms with Gasteiger partial charge in [0.15, 0.2) is 0 Å². The second-order valence-corrected chi connectivity index (χ2v) is 4.28. The predicted octanol–water partition coefficient (Wildman–Crippen LogP) is 2.57. The van der Waals surface area contributed by atoms with Gasteiger partial charge >= 0.3 is 0 Å². The van der Waals surface area contributed by atoms with E-state index in [-0.39, 0.29) is 5.69 Å². The lowest BCUT2D eigenvalue weighted by Crippen LogP contribution is -2.14. The average Bonchev–Trinajstić information content (AvgIpc) is 2.51. The van der Waals surface area contributed by atoms with Crippen molar-refractivity contribution in [2.24, 2.45) is 7.05 Å². The quantitative estimate of drug-likeness (QED) is 0.907. The summed E-state index contributed by atoms with van der Waals surface area (Å²) in [5.41, 5.74) is 1.73. The minimum Gasteiger partial charge on any atom is -0.322 e. The van der Waals surface area contributed by atoms with Gasteiger partial charge in [-0.05, 0) is 26.0 Å². The number of nitrogens with zero attached hydrogens (tertiary/aromatic N) is 2. The van der Waals surface area contributed by atoms with Gasteiger partial charge < -0.3 is 5.32 Å². The van der Waals surface area contributed by atoms with Crippen LogP contribution < -0.4 is 5.32 Å². The van der Waals surface area contributed by atoms with Crippen molar-refractivity contribution in [3.05, 3.63) is 46.8 Å². The van der Waals surface area contributed by atoms with Crippen LogP contribution in [0.2, 0.25) is 0 Å². The molecule has 1 aromatic carbocycles. The molecular formula is C13H13F2N3O. The average molecular weight is 265 g/mol. The summed E-state index contributed by atoms with van der Waals surface area (Å²) in [6, 6.07) is 2.86. The highest BCUT2D eigenvalue weighted by Gasteiger charge is 2.17. The van der Waals surface area contributed by atoms with E-state index >= 15 is 0 Å². The molecule has 0 fully saturated rings. The standard InChI is InChI=1S/C13H13F2N3O/c1-7-12(8(2)18(3)17-7)13(19)16-11-5-9(14)4-10(15)6-11/h4-6H,1-3H3,(H,16,19). The van der Waals surface area contributed by atoms with E-state index in [2.05, 4.69) is 10.4 Å². The number of carbonyl (C=O) groups excluding carboxylic acids is 1. The minimum atomic E-state index is -0.741. The Labute approximate surface area is 109 Å². The largest absolute Gasteiger partial charge is 0.322 e. The highest BCUT2D eigenvalue weighted by Crippen LogP contribution is 2.17. The number of aromatic nitrogens is 2. The van der Waals surface area contributed by atoms with Crippen LogP contribution in [0.4, 0.5) is 14.5 Å². The van der Waals surface area contributed by atoms with Crippen molar-refractivity contribution < 1.29 is 13.6 Å². The second kappa shape index (κ2) is 4.79. The van der Waals surface area contributed by atoms with Crippen molar-refractivity contribution in [2.45, 2.75) is 13.8 Å². The first-order valence-electron chi connectivity index (χ1n) is 5.66. The van der Waals surface area contributed by atoms with Crippen molar-refractivity contribution in [1.29, 1.82) is 0 Å². The summed E-state index contributed by atoms with van der Waals surface area (Å²) in [5.74, 6) is -1.92. The van der Waals surface area contributed by atoms with Gasteiger partial charge in [0, 0.05) is 24.5 Å². The van der Waals surface area contributed by atoms with Crippen molar-refractivity contribution in [3.63, 3.8) is 0 Å². The maximum atomic E-state index is 13.0. The van der Waals surface area contributed by atoms with Gasteiger partial charge in [-0.25, -0.2) is 8.78 Å². The number of aryl methyl sites for hydroxylation is 2. The number of rotatable bonds is 2. The SMILES string of the molecule is Cc1nn(C)c(C)c1C(=O)Nc1cc(F)cc(F)c1. The number of benzene rings is 1. The first-order valence-corrected chi connectivity index (χ1v) is 5.66. The molecule has 1 N–H and O–H groups in total. The summed E-state index contributed by atoms with van der Waals surface area (Å²) in [5, 5.41) is 6.58. The molecule has 0 atom stereocenters. The highest BCUT2D eigenvalue weighted by molar-refractivity contribution is 6.05. The van der Waals surface area contributed by atoms with Crippen LogP contribution in [0.3, 0.4) is 0 Å². The van der Waals surface area contributed by atoms with Crippen LogP contribution in [0.5, 0.6) is 0 Å². The smallest absolute Gasteiger partial charge is 0.259 e. The predicted molar refractivity (Wildman–Crippen MR) is 67.0 cm³/mol. The van der Waals surface area contributed by atoms with Crippen molar-refractivity contribution in [3.8, 4) is 0 Å². The molecule has 0 spiro atoms. The molecule has 6 heteroatoms. The number of nitrogens with one attached hydrogen (secondary N) is 1. The first kappa shape index (κ1) is 13.2. The Morgan fingerprint density at radius 2 is 1.79 bits per heavy atom. The van der Waals surface area contributed by atoms with Gasteiger partial charge in [-0.1, -0.05) is 0 Å². The number of hydrogen-bond donors (Lipinski definition) is 1. The number of halogens is 2. The molecule has 0 aliphatic rings. The third-order valence-corrected chi connectivity index (χ3v) is 2.86. The normalized spacial score (nSPS) is 10.6. The molecule has 0 radical (unpaired) electrons. The molecule has 2 aromatic rings. The maximum Gasteiger partial charge on any atom is 0.259 e. The lowest BCUT2D eigenvalue weighted by molar-refractivity contribution is 0.102. The van der Waals surface area contributed by atoms with Crippen molar-refractivity contribution in [1.82, 2.24) is 9.78 Å². The fourth-order valence-electron chi connectivity index (χ4n) is 1.92. The topological polar surface area (TPSA) is 46.9 Å². The zero-order valence-corrected chi connectivity index (χ0v) is 10.8. The van der Waals surface area contributed by atoms with E-state index in [1.807, 2.05) is 0 Å². The Morgan fingerprint density at radius 3 is 2.26 bits per heavy atom. The van der Waals surface area contributed by atoms with Gasteiger partial charge in [-0.15, -0.1) is 0 Å². The number of carbonyl (C=O) groups is 1. The molecule has 0 saturated heterocycles. The van der Waals surface area contributed by atoms with Crippen LogP contribution in [-0.4, -0.2) is 15.7 Å². The van der Waals surface area contributed by atoms with Crippen molar-refractivity contribution >= 4 is 11.6 Å². The zero-order chi connectivity index (χ0) is 14.2. The van der Waals surface area contributed by atoms with Gasteiger partial charge in [-0.3, -0.25) is 9.48 Å². The van der Waals surface area contributed by atoms with Crippen LogP contribution >= 0.6 is 0 Å². The zero-order valence-electron chi connectivity index (χ0n) is 10.8. The van der Waals surface area contributed by atoms with E-state index in [9.17, 15) is 13.6 Å². The number of anilines is 1. The Kier molecular flexibility index (Phi) is 3.33. The van der Waals surface area contributed by atoms with Crippen LogP contribution in [0, 0.1) is 25.5 Å². The van der Waals surface area contributed by atoms with E-state index in [4.69, 9.17) is 0 Å². The minimum absolute atomic E-state index is 0.0742. The van der Waals surface area contributed by atoms with Gasteiger partial charge in [-0.2, -0.15) is 5.10 Å². The fourth-order valence-corrected chi connectivity index (χ4v) is 1.92. The molecular weight excluding hydrogens is 252 g/mol. The molecule has 4 nitrogen and oxygen atoms in total. The lowest BCUT2D eigenvalue weighted by Gasteiger charge is -2.06. The fraction of sp³-hybridized carbons (Fsp3) is 0.231. The maximum absolute atomic E-state index is 13.0. The van der Waals surface area contributed by atoms with Crippen LogP contribution in [0.1, 0.15) is 21.7 Å². The molecule has 1 amide bonds. The van der Waals surface area contributed by atoms with E-state index < -0.39 is 17.5 Å². The Hall–Kier alpha value is -2.24. The highest BCUT2D eigenvalue weighted by atomic mass is 19.1. The van der Waals surface area contributed by atoms with Gasteiger partial charge in [0.25, 0.3) is 5.91 Å². The summed E-state index contributed by atoms with van der Waals surface area (Å²) >= 11 is 0. The van der Waals surface area contributed by atoms with Crippen LogP contribution in [-0.2, 0) is 7.05 Å². The molecule has 0 unspecified atom stereocenters. The molecule has 100 valence electrons. The Morgan fingerprint density at radius 1 is 1.21 bits per heavy atom. The second-order valence-electron chi connectivity index (χ2n) is 4.28. The molecule has 1 heterocycles. The molecule has 19 heavy (non-hydrogen) atoms. The summed E-state index contributed by atoms with van der Waals surface area (Å²) in [4.78, 5) is 12.1. The van der Waals surface area contributed by atoms with E-state index in [0.717, 1.165) is 18.2 Å². The van der Waals surface area contributed by atoms with Crippen LogP contribution in [0.25, 0.3) is 0 Å². The van der Waals surface area contributed by atoms with Gasteiger partial charge in [0.05, 0.1) is 11.3 Å². The van der Waals surface area contributed by atoms with E-state index in [0.29, 0.717) is 17.0 Å². The Balaban J connectivity index is 2.30. The Bertz CT molecular complexity index is 629. The van der Waals surface area contributed by atoms with E-state index in [1.54, 1.807) is 25.6 Å². The summed E-state index contributed by atoms with van der Waals surface area (Å²) in [6.45, 7) is 3.45. The number of hydrogen-bond acceptors (Lipinski definition) is 2. The van der Waals surface area contributed by atoms with Gasteiger partial charge in [0.2, 0.25) is 0 Å². The van der Waals surface area contributed by atoms with E-state index in [1.165, 1.54) is 0 Å². The van der Waals surface area contributed by atoms with Gasteiger partial charge in [0.1, 0.15) is 11.6 Å². The molecule has 2 rings (SSSR count). The van der Waals surface area contributed by atoms with Crippen molar-refractivity contribution in [2.75, 3.05) is 5.32 Å². The third-order valence-electron chi connectivity index (χ3n) is 2.86. The summed E-state index contributed by atoms with van der Waals surface area (Å²) in [7, 11) is 1.72. The molecule has 0 saturated carbocycles. The third kappa shape index (κ3) is 2.62. The monoisotopic (exact) mass is 265 g/mol. The lowest BCUT2D eigenvalue weighted by atomic mass is 10.2. The molecule has 0 bridgehead atoms. The summed E-state index contributed by atoms with van der Waals surface area (Å²) < 4.78 is 27.7. The molecule has 1 aromatic heterocycles. The van der Waals surface area contributed by atoms with Crippen LogP contribution in [0.15, 0.2) is 18.2 Å². The first-order chi connectivity index (χ1) is 8.88. The summed E-state index contributed by atoms with van der Waals surface area (Å²) in [6.07, 6.45) is 0. The molecule has 0 aliphatic carbocycles.